The summed E-state index contributed by atoms with van der Waals surface area (Å²) in [6.07, 6.45) is 0.189. The first-order valence-corrected chi connectivity index (χ1v) is 35.4. The molecule has 1 unspecified atom stereocenters. The molecule has 0 bridgehead atoms. The van der Waals surface area contributed by atoms with Crippen molar-refractivity contribution in [3.63, 3.8) is 0 Å². The van der Waals surface area contributed by atoms with Crippen molar-refractivity contribution < 1.29 is 0 Å². The fourth-order valence-corrected chi connectivity index (χ4v) is 18.6. The van der Waals surface area contributed by atoms with E-state index in [1.165, 1.54) is 133 Å². The molecule has 474 valence electrons. The van der Waals surface area contributed by atoms with Crippen LogP contribution in [0.4, 0.5) is 0 Å². The number of benzene rings is 14. The average molecular weight is 1280 g/mol. The fraction of sp³-hybridized carbons (Fsp3) is 0.116. The summed E-state index contributed by atoms with van der Waals surface area (Å²) in [4.78, 5) is 11.9. The second kappa shape index (κ2) is 20.6. The van der Waals surface area contributed by atoms with Gasteiger partial charge < -0.3 is 9.13 Å². The predicted octanol–water partition coefficient (Wildman–Crippen LogP) is 24.4. The smallest absolute Gasteiger partial charge is 0.232 e. The SMILES string of the molecule is CC1(C)c2ccccc2-c2ccc(-c3ccc4c(c3)c3ccccc3n4C3=NC(n4c5ccccc5c5cc(-c6ccc7c(c6)C(C)(C)c6ccccc6-7)ccc54)CC(c4ccc(-n5c6ccccc6c6cc(-c7ccc8c(c7)C(C)(C)c7ccccc7-8)ccc65)c5ccccc45)=N3)cc21. The van der Waals surface area contributed by atoms with E-state index in [2.05, 4.69) is 346 Å². The number of nitrogens with zero attached hydrogens (tertiary/aromatic N) is 5. The first-order chi connectivity index (χ1) is 48.8. The van der Waals surface area contributed by atoms with Gasteiger partial charge in [0.25, 0.3) is 0 Å². The highest BCUT2D eigenvalue weighted by atomic mass is 15.3. The van der Waals surface area contributed by atoms with Crippen molar-refractivity contribution in [3.05, 3.63) is 330 Å². The molecule has 1 atom stereocenters. The van der Waals surface area contributed by atoms with Gasteiger partial charge in [0.05, 0.1) is 44.5 Å². The zero-order valence-electron chi connectivity index (χ0n) is 56.7. The van der Waals surface area contributed by atoms with Crippen LogP contribution in [0.2, 0.25) is 0 Å². The Labute approximate surface area is 580 Å². The van der Waals surface area contributed by atoms with Crippen LogP contribution < -0.4 is 0 Å². The molecule has 0 saturated carbocycles. The Balaban J connectivity index is 0.731. The maximum absolute atomic E-state index is 5.97. The highest BCUT2D eigenvalue weighted by molar-refractivity contribution is 6.22. The molecule has 5 nitrogen and oxygen atoms in total. The van der Waals surface area contributed by atoms with Crippen molar-refractivity contribution in [2.45, 2.75) is 70.4 Å². The van der Waals surface area contributed by atoms with Gasteiger partial charge in [-0.2, -0.15) is 0 Å². The third-order valence-corrected chi connectivity index (χ3v) is 23.6. The summed E-state index contributed by atoms with van der Waals surface area (Å²) in [5.74, 6) is 0.661. The van der Waals surface area contributed by atoms with Gasteiger partial charge in [-0.05, 0) is 184 Å². The van der Waals surface area contributed by atoms with Crippen molar-refractivity contribution in [2.24, 2.45) is 9.98 Å². The van der Waals surface area contributed by atoms with Crippen molar-refractivity contribution in [1.82, 2.24) is 13.7 Å². The third-order valence-electron chi connectivity index (χ3n) is 23.6. The molecule has 0 N–H and O–H groups in total. The Hall–Kier alpha value is -11.9. The van der Waals surface area contributed by atoms with Gasteiger partial charge in [0.15, 0.2) is 0 Å². The van der Waals surface area contributed by atoms with Crippen molar-refractivity contribution in [3.8, 4) is 72.4 Å². The Bertz CT molecular complexity index is 6550. The van der Waals surface area contributed by atoms with Crippen LogP contribution in [0, 0.1) is 0 Å². The van der Waals surface area contributed by atoms with Crippen LogP contribution in [0.3, 0.4) is 0 Å². The van der Waals surface area contributed by atoms with Crippen LogP contribution in [0.1, 0.15) is 93.1 Å². The fourth-order valence-electron chi connectivity index (χ4n) is 18.6. The number of hydrogen-bond acceptors (Lipinski definition) is 2. The average Bonchev–Trinajstić information content (AvgIpc) is 1.59. The molecule has 1 aliphatic heterocycles. The Morgan fingerprint density at radius 2 is 0.600 bits per heavy atom. The second-order valence-corrected chi connectivity index (χ2v) is 29.9. The molecule has 3 aromatic heterocycles. The minimum absolute atomic E-state index is 0.0918. The minimum atomic E-state index is -0.374. The molecule has 21 rings (SSSR count). The number of fused-ring (bicyclic) bond motifs is 19. The summed E-state index contributed by atoms with van der Waals surface area (Å²) < 4.78 is 7.34. The lowest BCUT2D eigenvalue weighted by Crippen LogP contribution is -2.24. The zero-order valence-corrected chi connectivity index (χ0v) is 56.7. The summed E-state index contributed by atoms with van der Waals surface area (Å²) in [6, 6.07) is 110. The maximum atomic E-state index is 5.97. The molecule has 100 heavy (non-hydrogen) atoms. The van der Waals surface area contributed by atoms with E-state index >= 15 is 0 Å². The van der Waals surface area contributed by atoms with E-state index in [0.717, 1.165) is 60.6 Å². The molecule has 0 amide bonds. The molecule has 3 aliphatic carbocycles. The summed E-state index contributed by atoms with van der Waals surface area (Å²) in [5.41, 5.74) is 33.2. The molecule has 17 aromatic rings. The number of rotatable bonds is 6. The molecular weight excluding hydrogens is 1210 g/mol. The maximum Gasteiger partial charge on any atom is 0.232 e. The second-order valence-electron chi connectivity index (χ2n) is 29.9. The molecule has 0 saturated heterocycles. The van der Waals surface area contributed by atoms with E-state index in [1.54, 1.807) is 0 Å². The van der Waals surface area contributed by atoms with Crippen LogP contribution >= 0.6 is 0 Å². The molecule has 14 aromatic carbocycles. The van der Waals surface area contributed by atoms with Crippen LogP contribution in [-0.4, -0.2) is 25.4 Å². The van der Waals surface area contributed by atoms with Crippen LogP contribution in [0.25, 0.3) is 149 Å². The third kappa shape index (κ3) is 7.94. The van der Waals surface area contributed by atoms with Gasteiger partial charge in [-0.3, -0.25) is 4.57 Å². The van der Waals surface area contributed by atoms with E-state index in [-0.39, 0.29) is 22.4 Å². The Morgan fingerprint density at radius 1 is 0.270 bits per heavy atom. The molecule has 5 heteroatoms. The van der Waals surface area contributed by atoms with Gasteiger partial charge in [-0.15, -0.1) is 0 Å². The first-order valence-electron chi connectivity index (χ1n) is 35.4. The lowest BCUT2D eigenvalue weighted by atomic mass is 9.81. The van der Waals surface area contributed by atoms with Gasteiger partial charge in [-0.1, -0.05) is 254 Å². The van der Waals surface area contributed by atoms with Gasteiger partial charge in [0.2, 0.25) is 5.96 Å². The van der Waals surface area contributed by atoms with E-state index < -0.39 is 0 Å². The molecule has 0 spiro atoms. The van der Waals surface area contributed by atoms with E-state index in [4.69, 9.17) is 9.98 Å². The molecule has 0 fully saturated rings. The standard InChI is InChI=1S/C95H69N5/c1-93(2)77-29-15-9-22-63(77)66-41-35-59(52-80(66)93)56-38-45-88-74(49-56)71-26-12-18-32-84(71)98(88)87-48-44-69(62-21-7-8-25-70(62)87)83-55-91(99-85-33-19-13-27-72(85)75-50-57(39-46-89(75)99)60-36-42-67-64-23-10-16-30-78(64)94(3,4)81(67)53-60)97-92(96-83)100-86-34-20-14-28-73(86)76-51-58(40-47-90(76)100)61-37-43-68-65-24-11-17-31-79(65)95(5,6)82(68)54-61/h7-54,91H,55H2,1-6H3. The summed E-state index contributed by atoms with van der Waals surface area (Å²) in [7, 11) is 0. The normalized spacial score (nSPS) is 15.9. The van der Waals surface area contributed by atoms with Crippen molar-refractivity contribution in [2.75, 3.05) is 0 Å². The number of hydrogen-bond donors (Lipinski definition) is 0. The monoisotopic (exact) mass is 1280 g/mol. The van der Waals surface area contributed by atoms with Crippen LogP contribution in [0.5, 0.6) is 0 Å². The summed E-state index contributed by atoms with van der Waals surface area (Å²) >= 11 is 0. The van der Waals surface area contributed by atoms with Gasteiger partial charge in [0.1, 0.15) is 6.17 Å². The number of para-hydroxylation sites is 3. The van der Waals surface area contributed by atoms with Crippen LogP contribution in [-0.2, 0) is 16.2 Å². The number of aliphatic imine (C=N–C) groups is 2. The van der Waals surface area contributed by atoms with E-state index in [1.807, 2.05) is 0 Å². The Kier molecular flexibility index (Phi) is 11.8. The van der Waals surface area contributed by atoms with Crippen LogP contribution in [0.15, 0.2) is 301 Å². The molecule has 4 heterocycles. The highest BCUT2D eigenvalue weighted by Gasteiger charge is 2.39. The Morgan fingerprint density at radius 3 is 1.10 bits per heavy atom. The topological polar surface area (TPSA) is 39.5 Å². The van der Waals surface area contributed by atoms with Crippen molar-refractivity contribution >= 4 is 87.9 Å². The lowest BCUT2D eigenvalue weighted by molar-refractivity contribution is 0.569. The van der Waals surface area contributed by atoms with E-state index in [0.29, 0.717) is 12.4 Å². The molecular formula is C95H69N5. The van der Waals surface area contributed by atoms with E-state index in [9.17, 15) is 0 Å². The quantitative estimate of drug-likeness (QED) is 0.159. The molecule has 4 aliphatic rings. The van der Waals surface area contributed by atoms with Gasteiger partial charge >= 0.3 is 0 Å². The highest BCUT2D eigenvalue weighted by Crippen LogP contribution is 2.54. The van der Waals surface area contributed by atoms with Gasteiger partial charge in [0, 0.05) is 65.9 Å². The van der Waals surface area contributed by atoms with Gasteiger partial charge in [-0.25, -0.2) is 9.98 Å². The minimum Gasteiger partial charge on any atom is -0.317 e. The van der Waals surface area contributed by atoms with Crippen molar-refractivity contribution in [1.29, 1.82) is 0 Å². The first kappa shape index (κ1) is 57.2. The largest absolute Gasteiger partial charge is 0.317 e. The lowest BCUT2D eigenvalue weighted by Gasteiger charge is -2.25. The molecule has 0 radical (unpaired) electrons. The zero-order chi connectivity index (χ0) is 66.7. The predicted molar refractivity (Wildman–Crippen MR) is 419 cm³/mol. The summed E-state index contributed by atoms with van der Waals surface area (Å²) in [6.45, 7) is 14.2. The summed E-state index contributed by atoms with van der Waals surface area (Å²) in [5, 5.41) is 9.48. The number of aromatic nitrogens is 3.